The van der Waals surface area contributed by atoms with E-state index in [0.29, 0.717) is 42.1 Å². The largest absolute Gasteiger partial charge is 0.493 e. The first-order valence-electron chi connectivity index (χ1n) is 12.6. The number of likely N-dealkylation sites (N-methyl/N-ethyl adjacent to an activating group) is 1. The molecule has 2 aromatic carbocycles. The van der Waals surface area contributed by atoms with E-state index in [2.05, 4.69) is 11.0 Å². The first-order chi connectivity index (χ1) is 18.8. The third-order valence-corrected chi connectivity index (χ3v) is 8.36. The Labute approximate surface area is 227 Å². The lowest BCUT2D eigenvalue weighted by molar-refractivity contribution is -0.192. The van der Waals surface area contributed by atoms with Crippen LogP contribution < -0.4 is 9.47 Å². The van der Waals surface area contributed by atoms with E-state index >= 15 is 0 Å². The first-order valence-corrected chi connectivity index (χ1v) is 12.6. The second kappa shape index (κ2) is 9.79. The van der Waals surface area contributed by atoms with Gasteiger partial charge in [-0.25, -0.2) is 9.59 Å². The lowest BCUT2D eigenvalue weighted by Gasteiger charge is -2.61. The number of halogens is 3. The predicted octanol–water partition coefficient (Wildman–Crippen LogP) is 2.88. The molecule has 1 spiro atoms. The molecule has 2 bridgehead atoms. The zero-order valence-electron chi connectivity index (χ0n) is 21.6. The average Bonchev–Trinajstić information content (AvgIpc) is 3.28. The molecule has 0 aromatic heterocycles. The van der Waals surface area contributed by atoms with Crippen molar-refractivity contribution >= 4 is 11.9 Å². The quantitative estimate of drug-likeness (QED) is 0.482. The van der Waals surface area contributed by atoms with Crippen LogP contribution in [0, 0.1) is 0 Å². The van der Waals surface area contributed by atoms with Crippen LogP contribution in [0.4, 0.5) is 13.2 Å². The highest BCUT2D eigenvalue weighted by Gasteiger charge is 2.72. The molecule has 5 atom stereocenters. The number of likely N-dealkylation sites (tertiary alicyclic amines) is 1. The highest BCUT2D eigenvalue weighted by Crippen LogP contribution is 2.65. The molecular formula is C28H28F3NO8. The minimum absolute atomic E-state index is 0.0763. The van der Waals surface area contributed by atoms with Crippen LogP contribution in [0.2, 0.25) is 0 Å². The summed E-state index contributed by atoms with van der Waals surface area (Å²) in [4.78, 5) is 24.0. The fourth-order valence-electron chi connectivity index (χ4n) is 6.53. The number of nitrogens with zero attached hydrogens (tertiary/aromatic N) is 1. The molecule has 1 fully saturated rings. The van der Waals surface area contributed by atoms with E-state index in [1.54, 1.807) is 37.5 Å². The lowest BCUT2D eigenvalue weighted by atomic mass is 9.50. The number of rotatable bonds is 4. The van der Waals surface area contributed by atoms with Crippen molar-refractivity contribution in [3.05, 3.63) is 71.0 Å². The summed E-state index contributed by atoms with van der Waals surface area (Å²) in [6.07, 6.45) is -3.70. The predicted molar refractivity (Wildman–Crippen MR) is 133 cm³/mol. The molecule has 2 heterocycles. The van der Waals surface area contributed by atoms with E-state index in [9.17, 15) is 28.2 Å². The molecular weight excluding hydrogens is 535 g/mol. The van der Waals surface area contributed by atoms with Crippen molar-refractivity contribution < 1.29 is 52.3 Å². The topological polar surface area (TPSA) is 126 Å². The Hall–Kier alpha value is -3.61. The van der Waals surface area contributed by atoms with Gasteiger partial charge in [-0.2, -0.15) is 13.2 Å². The SMILES string of the molecule is COc1ccc2c3c1O[C@H]1C(OC(=O)C(O)c4ccccc4)=CC[C@@]4(O)[C@@H](C2)N(C)CC[C@]314.O=C(O)C(F)(F)F. The standard InChI is InChI=1S/C26H27NO6.C2HF3O2/c1-27-13-12-25-20-16-8-9-17(31-2)22(20)33-23(25)18(10-11-26(25,30)19(27)14-16)32-24(29)21(28)15-6-4-3-5-7-15;3-2(4,5)1(6)7/h3-10,19,21,23,28,30H,11-14H2,1-2H3;(H,6,7)/t19-,21?,23+,25+,26-;/m1./s1. The van der Waals surface area contributed by atoms with Crippen molar-refractivity contribution in [2.24, 2.45) is 0 Å². The van der Waals surface area contributed by atoms with Crippen LogP contribution in [0.1, 0.15) is 35.6 Å². The van der Waals surface area contributed by atoms with Crippen molar-refractivity contribution in [2.45, 2.75) is 54.7 Å². The van der Waals surface area contributed by atoms with E-state index < -0.39 is 41.3 Å². The molecule has 12 heteroatoms. The number of aliphatic hydroxyl groups excluding tert-OH is 1. The van der Waals surface area contributed by atoms with Crippen molar-refractivity contribution in [2.75, 3.05) is 20.7 Å². The van der Waals surface area contributed by atoms with E-state index in [0.717, 1.165) is 17.7 Å². The van der Waals surface area contributed by atoms with E-state index in [1.807, 2.05) is 19.2 Å². The number of aliphatic carboxylic acids is 1. The Morgan fingerprint density at radius 3 is 2.48 bits per heavy atom. The molecule has 40 heavy (non-hydrogen) atoms. The van der Waals surface area contributed by atoms with Gasteiger partial charge in [0.05, 0.1) is 18.1 Å². The van der Waals surface area contributed by atoms with Crippen LogP contribution in [0.15, 0.2) is 54.3 Å². The zero-order valence-corrected chi connectivity index (χ0v) is 21.6. The van der Waals surface area contributed by atoms with Crippen LogP contribution in [-0.4, -0.2) is 76.8 Å². The number of carboxylic acid groups (broad SMARTS) is 1. The maximum atomic E-state index is 12.9. The number of alkyl halides is 3. The summed E-state index contributed by atoms with van der Waals surface area (Å²) in [6, 6.07) is 12.6. The molecule has 9 nitrogen and oxygen atoms in total. The van der Waals surface area contributed by atoms with Crippen LogP contribution in [-0.2, 0) is 26.2 Å². The average molecular weight is 564 g/mol. The number of carboxylic acids is 1. The van der Waals surface area contributed by atoms with E-state index in [4.69, 9.17) is 24.1 Å². The third kappa shape index (κ3) is 4.13. The van der Waals surface area contributed by atoms with Gasteiger partial charge < -0.3 is 34.4 Å². The second-order valence-corrected chi connectivity index (χ2v) is 10.3. The third-order valence-electron chi connectivity index (χ3n) is 8.36. The molecule has 1 saturated heterocycles. The van der Waals surface area contributed by atoms with Gasteiger partial charge in [-0.1, -0.05) is 36.4 Å². The fraction of sp³-hybridized carbons (Fsp3) is 0.429. The van der Waals surface area contributed by atoms with Gasteiger partial charge in [0.1, 0.15) is 5.76 Å². The van der Waals surface area contributed by atoms with Crippen molar-refractivity contribution in [3.63, 3.8) is 0 Å². The summed E-state index contributed by atoms with van der Waals surface area (Å²) >= 11 is 0. The van der Waals surface area contributed by atoms with Crippen LogP contribution in [0.5, 0.6) is 11.5 Å². The summed E-state index contributed by atoms with van der Waals surface area (Å²) in [5.41, 5.74) is 0.757. The second-order valence-electron chi connectivity index (χ2n) is 10.3. The highest BCUT2D eigenvalue weighted by atomic mass is 19.4. The molecule has 3 N–H and O–H groups in total. The Kier molecular flexibility index (Phi) is 6.84. The number of aliphatic hydroxyl groups is 2. The molecule has 0 amide bonds. The minimum Gasteiger partial charge on any atom is -0.493 e. The summed E-state index contributed by atoms with van der Waals surface area (Å²) in [5.74, 6) is -1.95. The normalized spacial score (nSPS) is 28.6. The maximum absolute atomic E-state index is 12.9. The number of carbonyl (C=O) groups excluding carboxylic acids is 1. The molecule has 2 aliphatic heterocycles. The molecule has 2 aromatic rings. The van der Waals surface area contributed by atoms with Gasteiger partial charge in [0.2, 0.25) is 0 Å². The number of methoxy groups -OCH3 is 1. The Bertz CT molecular complexity index is 1360. The summed E-state index contributed by atoms with van der Waals surface area (Å²) in [7, 11) is 3.64. The Morgan fingerprint density at radius 2 is 1.85 bits per heavy atom. The molecule has 2 aliphatic carbocycles. The van der Waals surface area contributed by atoms with Gasteiger partial charge in [-0.05, 0) is 49.7 Å². The highest BCUT2D eigenvalue weighted by molar-refractivity contribution is 5.78. The fourth-order valence-corrected chi connectivity index (χ4v) is 6.53. The smallest absolute Gasteiger partial charge is 0.490 e. The number of ether oxygens (including phenoxy) is 3. The van der Waals surface area contributed by atoms with Gasteiger partial charge in [-0.3, -0.25) is 0 Å². The molecule has 0 saturated carbocycles. The van der Waals surface area contributed by atoms with Gasteiger partial charge in [0.25, 0.3) is 0 Å². The Balaban J connectivity index is 0.000000411. The molecule has 4 aliphatic rings. The molecule has 214 valence electrons. The molecule has 0 radical (unpaired) electrons. The molecule has 1 unspecified atom stereocenters. The first kappa shape index (κ1) is 27.9. The van der Waals surface area contributed by atoms with Crippen LogP contribution in [0.3, 0.4) is 0 Å². The van der Waals surface area contributed by atoms with Gasteiger partial charge in [-0.15, -0.1) is 0 Å². The number of esters is 1. The monoisotopic (exact) mass is 563 g/mol. The summed E-state index contributed by atoms with van der Waals surface area (Å²) in [5, 5.41) is 29.9. The summed E-state index contributed by atoms with van der Waals surface area (Å²) in [6.45, 7) is 0.788. The van der Waals surface area contributed by atoms with Crippen LogP contribution >= 0.6 is 0 Å². The zero-order chi connectivity index (χ0) is 29.0. The summed E-state index contributed by atoms with van der Waals surface area (Å²) < 4.78 is 49.6. The molecule has 6 rings (SSSR count). The number of piperidine rings is 1. The van der Waals surface area contributed by atoms with Gasteiger partial charge in [0, 0.05) is 18.0 Å². The van der Waals surface area contributed by atoms with Crippen molar-refractivity contribution in [1.29, 1.82) is 0 Å². The number of benzene rings is 2. The van der Waals surface area contributed by atoms with Crippen LogP contribution in [0.25, 0.3) is 0 Å². The lowest BCUT2D eigenvalue weighted by Crippen LogP contribution is -2.74. The van der Waals surface area contributed by atoms with E-state index in [-0.39, 0.29) is 6.04 Å². The van der Waals surface area contributed by atoms with Gasteiger partial charge >= 0.3 is 18.1 Å². The maximum Gasteiger partial charge on any atom is 0.490 e. The van der Waals surface area contributed by atoms with Gasteiger partial charge in [0.15, 0.2) is 23.7 Å². The van der Waals surface area contributed by atoms with Crippen molar-refractivity contribution in [3.8, 4) is 11.5 Å². The number of hydrogen-bond acceptors (Lipinski definition) is 8. The van der Waals surface area contributed by atoms with Crippen molar-refractivity contribution in [1.82, 2.24) is 4.90 Å². The Morgan fingerprint density at radius 1 is 1.18 bits per heavy atom. The minimum atomic E-state index is -5.08. The number of hydrogen-bond donors (Lipinski definition) is 3. The number of carbonyl (C=O) groups is 2. The van der Waals surface area contributed by atoms with E-state index in [1.165, 1.54) is 0 Å².